The van der Waals surface area contributed by atoms with E-state index in [0.29, 0.717) is 17.5 Å². The number of hydrogen-bond acceptors (Lipinski definition) is 3. The molecule has 1 N–H and O–H groups in total. The van der Waals surface area contributed by atoms with Crippen molar-refractivity contribution in [1.29, 1.82) is 0 Å². The third-order valence-corrected chi connectivity index (χ3v) is 4.08. The Morgan fingerprint density at radius 1 is 1.57 bits per heavy atom. The summed E-state index contributed by atoms with van der Waals surface area (Å²) in [5, 5.41) is 3.66. The van der Waals surface area contributed by atoms with Crippen LogP contribution in [0.3, 0.4) is 0 Å². The van der Waals surface area contributed by atoms with Gasteiger partial charge in [0.25, 0.3) is 0 Å². The molecule has 0 radical (unpaired) electrons. The Bertz CT molecular complexity index is 173. The van der Waals surface area contributed by atoms with Crippen LogP contribution in [0.25, 0.3) is 0 Å². The third kappa shape index (κ3) is 3.44. The number of hydrogen-bond donors (Lipinski definition) is 1. The van der Waals surface area contributed by atoms with Crippen molar-refractivity contribution in [3.05, 3.63) is 0 Å². The molecule has 2 unspecified atom stereocenters. The summed E-state index contributed by atoms with van der Waals surface area (Å²) < 4.78 is 5.14. The Hall–Kier alpha value is 0.270. The topological polar surface area (TPSA) is 21.3 Å². The van der Waals surface area contributed by atoms with Gasteiger partial charge in [-0.15, -0.1) is 0 Å². The number of nitrogens with one attached hydrogen (secondary N) is 1. The van der Waals surface area contributed by atoms with Crippen LogP contribution in [0.1, 0.15) is 27.2 Å². The second-order valence-electron chi connectivity index (χ2n) is 4.89. The fourth-order valence-electron chi connectivity index (χ4n) is 1.85. The molecule has 1 fully saturated rings. The van der Waals surface area contributed by atoms with E-state index in [1.54, 1.807) is 7.11 Å². The summed E-state index contributed by atoms with van der Waals surface area (Å²) >= 11 is 2.06. The molecule has 2 atom stereocenters. The monoisotopic (exact) mass is 217 g/mol. The summed E-state index contributed by atoms with van der Waals surface area (Å²) in [6.45, 7) is 7.73. The van der Waals surface area contributed by atoms with Gasteiger partial charge in [0, 0.05) is 24.9 Å². The van der Waals surface area contributed by atoms with Crippen LogP contribution in [0.5, 0.6) is 0 Å². The van der Waals surface area contributed by atoms with E-state index in [1.807, 2.05) is 0 Å². The maximum Gasteiger partial charge on any atom is 0.0613 e. The molecule has 0 spiro atoms. The smallest absolute Gasteiger partial charge is 0.0613 e. The normalized spacial score (nSPS) is 28.7. The molecule has 0 amide bonds. The summed E-state index contributed by atoms with van der Waals surface area (Å²) in [5.41, 5.74) is 0.438. The van der Waals surface area contributed by atoms with Crippen LogP contribution in [0.15, 0.2) is 0 Å². The molecule has 14 heavy (non-hydrogen) atoms. The lowest BCUT2D eigenvalue weighted by Crippen LogP contribution is -2.50. The summed E-state index contributed by atoms with van der Waals surface area (Å²) in [4.78, 5) is 0. The third-order valence-electron chi connectivity index (χ3n) is 3.02. The van der Waals surface area contributed by atoms with E-state index in [0.717, 1.165) is 6.61 Å². The standard InChI is InChI=1S/C11H23NOS/c1-9(7-13-4)12-10-8-14-6-5-11(10,2)3/h9-10,12H,5-8H2,1-4H3. The van der Waals surface area contributed by atoms with Crippen molar-refractivity contribution < 1.29 is 4.74 Å². The van der Waals surface area contributed by atoms with Gasteiger partial charge in [-0.05, 0) is 24.5 Å². The van der Waals surface area contributed by atoms with Gasteiger partial charge in [-0.2, -0.15) is 11.8 Å². The van der Waals surface area contributed by atoms with Gasteiger partial charge in [-0.1, -0.05) is 13.8 Å². The second kappa shape index (κ2) is 5.38. The van der Waals surface area contributed by atoms with Gasteiger partial charge in [0.1, 0.15) is 0 Å². The van der Waals surface area contributed by atoms with E-state index in [-0.39, 0.29) is 0 Å². The molecule has 0 saturated carbocycles. The van der Waals surface area contributed by atoms with Gasteiger partial charge < -0.3 is 10.1 Å². The average molecular weight is 217 g/mol. The van der Waals surface area contributed by atoms with E-state index in [1.165, 1.54) is 17.9 Å². The van der Waals surface area contributed by atoms with E-state index in [9.17, 15) is 0 Å². The molecule has 1 aliphatic heterocycles. The number of methoxy groups -OCH3 is 1. The van der Waals surface area contributed by atoms with E-state index in [4.69, 9.17) is 4.74 Å². The van der Waals surface area contributed by atoms with Gasteiger partial charge in [-0.3, -0.25) is 0 Å². The quantitative estimate of drug-likeness (QED) is 0.779. The number of rotatable bonds is 4. The van der Waals surface area contributed by atoms with E-state index < -0.39 is 0 Å². The maximum atomic E-state index is 5.14. The van der Waals surface area contributed by atoms with Crippen LogP contribution in [-0.4, -0.2) is 37.3 Å². The molecule has 84 valence electrons. The van der Waals surface area contributed by atoms with Gasteiger partial charge in [0.15, 0.2) is 0 Å². The number of ether oxygens (including phenoxy) is 1. The van der Waals surface area contributed by atoms with Crippen molar-refractivity contribution >= 4 is 11.8 Å². The molecule has 0 aliphatic carbocycles. The van der Waals surface area contributed by atoms with E-state index in [2.05, 4.69) is 37.8 Å². The van der Waals surface area contributed by atoms with Crippen molar-refractivity contribution in [2.45, 2.75) is 39.3 Å². The molecular formula is C11H23NOS. The van der Waals surface area contributed by atoms with Crippen LogP contribution in [0.2, 0.25) is 0 Å². The van der Waals surface area contributed by atoms with Gasteiger partial charge in [0.2, 0.25) is 0 Å². The maximum absolute atomic E-state index is 5.14. The van der Waals surface area contributed by atoms with Crippen molar-refractivity contribution in [1.82, 2.24) is 5.32 Å². The molecule has 0 bridgehead atoms. The number of thioether (sulfide) groups is 1. The largest absolute Gasteiger partial charge is 0.383 e. The molecule has 0 aromatic heterocycles. The lowest BCUT2D eigenvalue weighted by atomic mass is 9.82. The second-order valence-corrected chi connectivity index (χ2v) is 6.04. The zero-order valence-corrected chi connectivity index (χ0v) is 10.6. The zero-order chi connectivity index (χ0) is 10.6. The summed E-state index contributed by atoms with van der Waals surface area (Å²) in [6.07, 6.45) is 1.31. The first kappa shape index (κ1) is 12.3. The molecule has 2 nitrogen and oxygen atoms in total. The molecular weight excluding hydrogens is 194 g/mol. The van der Waals surface area contributed by atoms with Crippen molar-refractivity contribution in [2.75, 3.05) is 25.2 Å². The Balaban J connectivity index is 2.41. The summed E-state index contributed by atoms with van der Waals surface area (Å²) in [7, 11) is 1.76. The van der Waals surface area contributed by atoms with E-state index >= 15 is 0 Å². The zero-order valence-electron chi connectivity index (χ0n) is 9.80. The van der Waals surface area contributed by atoms with Crippen molar-refractivity contribution in [2.24, 2.45) is 5.41 Å². The van der Waals surface area contributed by atoms with Gasteiger partial charge >= 0.3 is 0 Å². The molecule has 1 saturated heterocycles. The molecule has 1 aliphatic rings. The Morgan fingerprint density at radius 3 is 2.86 bits per heavy atom. The minimum absolute atomic E-state index is 0.438. The molecule has 1 rings (SSSR count). The molecule has 0 aromatic rings. The first-order valence-corrected chi connectivity index (χ1v) is 6.54. The predicted octanol–water partition coefficient (Wildman–Crippen LogP) is 2.14. The fourth-order valence-corrected chi connectivity index (χ4v) is 3.47. The fraction of sp³-hybridized carbons (Fsp3) is 1.00. The van der Waals surface area contributed by atoms with Crippen LogP contribution in [-0.2, 0) is 4.74 Å². The average Bonchev–Trinajstić information content (AvgIpc) is 2.09. The minimum atomic E-state index is 0.438. The SMILES string of the molecule is COCC(C)NC1CSCCC1(C)C. The van der Waals surface area contributed by atoms with Crippen molar-refractivity contribution in [3.8, 4) is 0 Å². The summed E-state index contributed by atoms with van der Waals surface area (Å²) in [6, 6.07) is 1.09. The van der Waals surface area contributed by atoms with Gasteiger partial charge in [-0.25, -0.2) is 0 Å². The van der Waals surface area contributed by atoms with Gasteiger partial charge in [0.05, 0.1) is 6.61 Å². The lowest BCUT2D eigenvalue weighted by Gasteiger charge is -2.40. The first-order valence-electron chi connectivity index (χ1n) is 5.39. The van der Waals surface area contributed by atoms with Crippen LogP contribution < -0.4 is 5.32 Å². The highest BCUT2D eigenvalue weighted by Gasteiger charge is 2.32. The molecule has 0 aromatic carbocycles. The highest BCUT2D eigenvalue weighted by molar-refractivity contribution is 7.99. The highest BCUT2D eigenvalue weighted by atomic mass is 32.2. The molecule has 1 heterocycles. The summed E-state index contributed by atoms with van der Waals surface area (Å²) in [5.74, 6) is 2.55. The van der Waals surface area contributed by atoms with Crippen LogP contribution in [0, 0.1) is 5.41 Å². The van der Waals surface area contributed by atoms with Crippen LogP contribution in [0.4, 0.5) is 0 Å². The van der Waals surface area contributed by atoms with Crippen molar-refractivity contribution in [3.63, 3.8) is 0 Å². The minimum Gasteiger partial charge on any atom is -0.383 e. The lowest BCUT2D eigenvalue weighted by molar-refractivity contribution is 0.148. The Kier molecular flexibility index (Phi) is 4.74. The Labute approximate surface area is 92.2 Å². The van der Waals surface area contributed by atoms with Crippen LogP contribution >= 0.6 is 11.8 Å². The first-order chi connectivity index (χ1) is 6.56. The predicted molar refractivity (Wildman–Crippen MR) is 64.0 cm³/mol. The Morgan fingerprint density at radius 2 is 2.29 bits per heavy atom. The highest BCUT2D eigenvalue weighted by Crippen LogP contribution is 2.34. The molecule has 3 heteroatoms.